The molecule has 1 aromatic heterocycles. The van der Waals surface area contributed by atoms with Gasteiger partial charge in [0.2, 0.25) is 0 Å². The molecule has 0 amide bonds. The normalized spacial score (nSPS) is 31.6. The molecule has 6 nitrogen and oxygen atoms in total. The zero-order chi connectivity index (χ0) is 18.5. The lowest BCUT2D eigenvalue weighted by atomic mass is 9.72. The van der Waals surface area contributed by atoms with Gasteiger partial charge in [0, 0.05) is 29.7 Å². The van der Waals surface area contributed by atoms with Crippen molar-refractivity contribution in [3.8, 4) is 17.0 Å². The highest BCUT2D eigenvalue weighted by Crippen LogP contribution is 2.43. The summed E-state index contributed by atoms with van der Waals surface area (Å²) >= 11 is 1.55. The molecule has 2 radical (unpaired) electrons. The van der Waals surface area contributed by atoms with E-state index in [1.54, 1.807) is 18.4 Å². The predicted molar refractivity (Wildman–Crippen MR) is 107 cm³/mol. The summed E-state index contributed by atoms with van der Waals surface area (Å²) in [7, 11) is 8.17. The van der Waals surface area contributed by atoms with Gasteiger partial charge < -0.3 is 13.9 Å². The molecule has 2 bridgehead atoms. The zero-order valence-corrected chi connectivity index (χ0v) is 16.2. The van der Waals surface area contributed by atoms with Crippen LogP contribution in [0.15, 0.2) is 34.6 Å². The van der Waals surface area contributed by atoms with Crippen molar-refractivity contribution in [1.82, 2.24) is 4.98 Å². The molecule has 0 saturated carbocycles. The van der Waals surface area contributed by atoms with Gasteiger partial charge in [0.1, 0.15) is 12.3 Å². The number of hydrogen-bond acceptors (Lipinski definition) is 6. The quantitative estimate of drug-likeness (QED) is 0.831. The van der Waals surface area contributed by atoms with Crippen molar-refractivity contribution in [2.24, 2.45) is 10.9 Å². The summed E-state index contributed by atoms with van der Waals surface area (Å²) < 4.78 is 12.2. The van der Waals surface area contributed by atoms with Crippen molar-refractivity contribution in [2.75, 3.05) is 38.6 Å². The zero-order valence-electron chi connectivity index (χ0n) is 15.4. The SMILES string of the molecule is [B][N+]12CCC(CC1)C1(CN=C(Nc3nc(-c4ccc(OC)cc4)cs3)O1)C2. The van der Waals surface area contributed by atoms with E-state index in [1.165, 1.54) is 0 Å². The number of quaternary nitrogens is 1. The van der Waals surface area contributed by atoms with Gasteiger partial charge in [0.05, 0.1) is 32.4 Å². The molecular formula is C19H22BN4O2S+. The van der Waals surface area contributed by atoms with Gasteiger partial charge in [-0.3, -0.25) is 5.32 Å². The molecular weight excluding hydrogens is 359 g/mol. The Hall–Kier alpha value is -2.06. The van der Waals surface area contributed by atoms with E-state index in [9.17, 15) is 0 Å². The Balaban J connectivity index is 1.27. The first-order chi connectivity index (χ1) is 13.1. The Morgan fingerprint density at radius 2 is 2.07 bits per heavy atom. The minimum absolute atomic E-state index is 0.232. The van der Waals surface area contributed by atoms with Crippen LogP contribution in [0.2, 0.25) is 0 Å². The number of aromatic nitrogens is 1. The van der Waals surface area contributed by atoms with Gasteiger partial charge >= 0.3 is 7.98 Å². The van der Waals surface area contributed by atoms with E-state index < -0.39 is 0 Å². The molecule has 1 spiro atoms. The van der Waals surface area contributed by atoms with Crippen molar-refractivity contribution < 1.29 is 13.9 Å². The number of hydrogen-bond donors (Lipinski definition) is 1. The molecule has 2 aromatic rings. The van der Waals surface area contributed by atoms with Crippen LogP contribution in [0.25, 0.3) is 11.3 Å². The summed E-state index contributed by atoms with van der Waals surface area (Å²) in [6.45, 7) is 3.64. The van der Waals surface area contributed by atoms with Crippen LogP contribution in [0.1, 0.15) is 12.8 Å². The van der Waals surface area contributed by atoms with Gasteiger partial charge in [-0.25, -0.2) is 9.98 Å². The highest BCUT2D eigenvalue weighted by Gasteiger charge is 2.57. The number of ether oxygens (including phenoxy) is 2. The summed E-state index contributed by atoms with van der Waals surface area (Å²) in [5.74, 6) is 1.39. The maximum atomic E-state index is 6.50. The monoisotopic (exact) mass is 381 g/mol. The third-order valence-electron chi connectivity index (χ3n) is 6.07. The lowest BCUT2D eigenvalue weighted by Crippen LogP contribution is -2.69. The lowest BCUT2D eigenvalue weighted by molar-refractivity contribution is -0.845. The second kappa shape index (κ2) is 6.24. The fraction of sp³-hybridized carbons (Fsp3) is 0.474. The predicted octanol–water partition coefficient (Wildman–Crippen LogP) is 2.68. The number of anilines is 1. The minimum Gasteiger partial charge on any atom is -0.497 e. The third-order valence-corrected chi connectivity index (χ3v) is 6.82. The van der Waals surface area contributed by atoms with Crippen molar-refractivity contribution in [2.45, 2.75) is 18.4 Å². The number of nitrogens with zero attached hydrogens (tertiary/aromatic N) is 3. The Morgan fingerprint density at radius 1 is 1.30 bits per heavy atom. The molecule has 27 heavy (non-hydrogen) atoms. The van der Waals surface area contributed by atoms with E-state index in [-0.39, 0.29) is 5.60 Å². The van der Waals surface area contributed by atoms with Gasteiger partial charge in [-0.1, -0.05) is 0 Å². The van der Waals surface area contributed by atoms with Crippen LogP contribution in [0.5, 0.6) is 5.75 Å². The number of methoxy groups -OCH3 is 1. The molecule has 3 saturated heterocycles. The maximum absolute atomic E-state index is 6.50. The second-order valence-corrected chi connectivity index (χ2v) is 8.64. The number of thiazole rings is 1. The number of rotatable bonds is 3. The van der Waals surface area contributed by atoms with Gasteiger partial charge in [-0.2, -0.15) is 0 Å². The highest BCUT2D eigenvalue weighted by molar-refractivity contribution is 7.14. The number of nitrogens with one attached hydrogen (secondary N) is 1. The standard InChI is InChI=1S/C19H22BN4O2S/c1-25-15-4-2-13(3-5-15)16-10-27-18(22-16)23-17-21-11-19(26-17)12-24(20)8-6-14(19)7-9-24/h2-5,10,14H,6-9,11-12H2,1H3,(H,21,22,23)/q+1. The second-order valence-electron chi connectivity index (χ2n) is 7.78. The van der Waals surface area contributed by atoms with Crippen molar-refractivity contribution >= 4 is 30.5 Å². The summed E-state index contributed by atoms with van der Waals surface area (Å²) in [5, 5.41) is 6.08. The maximum Gasteiger partial charge on any atom is 0.481 e. The van der Waals surface area contributed by atoms with Crippen LogP contribution in [-0.4, -0.2) is 62.3 Å². The molecule has 8 heteroatoms. The Labute approximate surface area is 164 Å². The summed E-state index contributed by atoms with van der Waals surface area (Å²) in [6, 6.07) is 8.47. The van der Waals surface area contributed by atoms with Crippen LogP contribution in [0.3, 0.4) is 0 Å². The fourth-order valence-electron chi connectivity index (χ4n) is 4.57. The molecule has 4 aliphatic rings. The first kappa shape index (κ1) is 17.1. The van der Waals surface area contributed by atoms with Crippen LogP contribution in [0, 0.1) is 5.92 Å². The molecule has 1 aromatic carbocycles. The van der Waals surface area contributed by atoms with E-state index in [1.807, 2.05) is 29.6 Å². The average Bonchev–Trinajstić information content (AvgIpc) is 3.30. The smallest absolute Gasteiger partial charge is 0.481 e. The Morgan fingerprint density at radius 3 is 2.78 bits per heavy atom. The first-order valence-electron chi connectivity index (χ1n) is 9.33. The van der Waals surface area contributed by atoms with Gasteiger partial charge in [-0.15, -0.1) is 11.3 Å². The first-order valence-corrected chi connectivity index (χ1v) is 10.2. The number of amidine groups is 1. The van der Waals surface area contributed by atoms with E-state index in [0.29, 0.717) is 22.9 Å². The topological polar surface area (TPSA) is 55.7 Å². The molecule has 1 unspecified atom stereocenters. The number of benzene rings is 1. The summed E-state index contributed by atoms with van der Waals surface area (Å²) in [5.41, 5.74) is 1.74. The van der Waals surface area contributed by atoms with Gasteiger partial charge in [0.25, 0.3) is 6.02 Å². The van der Waals surface area contributed by atoms with Crippen LogP contribution >= 0.6 is 11.3 Å². The highest BCUT2D eigenvalue weighted by atomic mass is 32.1. The third kappa shape index (κ3) is 3.01. The van der Waals surface area contributed by atoms with Crippen molar-refractivity contribution in [3.05, 3.63) is 29.6 Å². The largest absolute Gasteiger partial charge is 0.497 e. The molecule has 0 aliphatic carbocycles. The fourth-order valence-corrected chi connectivity index (χ4v) is 5.28. The van der Waals surface area contributed by atoms with Crippen molar-refractivity contribution in [1.29, 1.82) is 0 Å². The van der Waals surface area contributed by atoms with Crippen LogP contribution in [0.4, 0.5) is 5.13 Å². The molecule has 5 heterocycles. The summed E-state index contributed by atoms with van der Waals surface area (Å²) in [4.78, 5) is 9.30. The average molecular weight is 381 g/mol. The number of fused-ring (bicyclic) bond motifs is 2. The molecule has 3 fully saturated rings. The van der Waals surface area contributed by atoms with E-state index >= 15 is 0 Å². The minimum atomic E-state index is -0.232. The van der Waals surface area contributed by atoms with Gasteiger partial charge in [0.15, 0.2) is 10.7 Å². The van der Waals surface area contributed by atoms with E-state index in [4.69, 9.17) is 17.5 Å². The van der Waals surface area contributed by atoms with Crippen LogP contribution in [-0.2, 0) is 4.74 Å². The van der Waals surface area contributed by atoms with Gasteiger partial charge in [-0.05, 0) is 24.3 Å². The molecule has 4 aliphatic heterocycles. The number of aliphatic imine (C=N–C) groups is 1. The Kier molecular flexibility index (Phi) is 3.95. The number of piperidine rings is 3. The molecule has 1 atom stereocenters. The molecule has 1 N–H and O–H groups in total. The lowest BCUT2D eigenvalue weighted by Gasteiger charge is -2.55. The summed E-state index contributed by atoms with van der Waals surface area (Å²) in [6.07, 6.45) is 2.25. The van der Waals surface area contributed by atoms with Crippen molar-refractivity contribution in [3.63, 3.8) is 0 Å². The van der Waals surface area contributed by atoms with E-state index in [2.05, 4.69) is 15.3 Å². The molecule has 138 valence electrons. The molecule has 6 rings (SSSR count). The van der Waals surface area contributed by atoms with E-state index in [0.717, 1.165) is 54.6 Å². The Bertz CT molecular complexity index is 876. The van der Waals surface area contributed by atoms with Crippen LogP contribution < -0.4 is 10.1 Å².